The minimum Gasteiger partial charge on any atom is -0.334 e. The molecule has 112 valence electrons. The summed E-state index contributed by atoms with van der Waals surface area (Å²) in [6, 6.07) is 4.57. The van der Waals surface area contributed by atoms with Crippen molar-refractivity contribution < 1.29 is 0 Å². The van der Waals surface area contributed by atoms with Gasteiger partial charge in [-0.3, -0.25) is 0 Å². The standard InChI is InChI=1S/C17H21BrN2S/c1-10-6-12(17(3,4)5)7-11(2)13(10)8-15-19-9-14(18)16(21)20-15/h6-7,9H,8H2,1-5H3,(H,19,20,21). The maximum absolute atomic E-state index is 5.25. The molecule has 0 aliphatic heterocycles. The average molecular weight is 365 g/mol. The largest absolute Gasteiger partial charge is 0.334 e. The highest BCUT2D eigenvalue weighted by atomic mass is 79.9. The Balaban J connectivity index is 2.41. The topological polar surface area (TPSA) is 28.7 Å². The molecule has 0 aliphatic rings. The van der Waals surface area contributed by atoms with Gasteiger partial charge < -0.3 is 4.98 Å². The second-order valence-corrected chi connectivity index (χ2v) is 7.78. The summed E-state index contributed by atoms with van der Waals surface area (Å²) < 4.78 is 1.53. The highest BCUT2D eigenvalue weighted by Gasteiger charge is 2.16. The number of halogens is 1. The van der Waals surface area contributed by atoms with E-state index in [2.05, 4.69) is 72.6 Å². The number of aryl methyl sites for hydroxylation is 2. The third kappa shape index (κ3) is 3.80. The average Bonchev–Trinajstić information content (AvgIpc) is 2.36. The van der Waals surface area contributed by atoms with Gasteiger partial charge in [0.15, 0.2) is 0 Å². The number of hydrogen-bond donors (Lipinski definition) is 1. The van der Waals surface area contributed by atoms with Gasteiger partial charge in [-0.1, -0.05) is 45.1 Å². The van der Waals surface area contributed by atoms with Crippen molar-refractivity contribution in [2.24, 2.45) is 0 Å². The minimum atomic E-state index is 0.170. The summed E-state index contributed by atoms with van der Waals surface area (Å²) in [7, 11) is 0. The van der Waals surface area contributed by atoms with Gasteiger partial charge in [-0.2, -0.15) is 0 Å². The van der Waals surface area contributed by atoms with Crippen LogP contribution in [0.3, 0.4) is 0 Å². The molecule has 0 amide bonds. The summed E-state index contributed by atoms with van der Waals surface area (Å²) in [4.78, 5) is 7.60. The van der Waals surface area contributed by atoms with Gasteiger partial charge in [-0.05, 0) is 57.4 Å². The van der Waals surface area contributed by atoms with Crippen LogP contribution >= 0.6 is 28.1 Å². The Morgan fingerprint density at radius 1 is 1.19 bits per heavy atom. The number of aromatic amines is 1. The number of H-pyrrole nitrogens is 1. The third-order valence-corrected chi connectivity index (χ3v) is 4.90. The highest BCUT2D eigenvalue weighted by molar-refractivity contribution is 9.10. The molecule has 0 saturated carbocycles. The smallest absolute Gasteiger partial charge is 0.120 e. The summed E-state index contributed by atoms with van der Waals surface area (Å²) >= 11 is 8.63. The fraction of sp³-hybridized carbons (Fsp3) is 0.412. The lowest BCUT2D eigenvalue weighted by atomic mass is 9.83. The summed E-state index contributed by atoms with van der Waals surface area (Å²) in [6.45, 7) is 11.1. The summed E-state index contributed by atoms with van der Waals surface area (Å²) in [5.41, 5.74) is 5.48. The maximum atomic E-state index is 5.25. The summed E-state index contributed by atoms with van der Waals surface area (Å²) in [5, 5.41) is 0. The molecule has 1 N–H and O–H groups in total. The molecule has 2 rings (SSSR count). The van der Waals surface area contributed by atoms with E-state index in [1.807, 2.05) is 0 Å². The van der Waals surface area contributed by atoms with E-state index < -0.39 is 0 Å². The molecule has 0 saturated heterocycles. The van der Waals surface area contributed by atoms with Gasteiger partial charge in [0.05, 0.1) is 4.47 Å². The molecule has 4 heteroatoms. The minimum absolute atomic E-state index is 0.170. The molecule has 21 heavy (non-hydrogen) atoms. The molecule has 1 heterocycles. The van der Waals surface area contributed by atoms with Crippen molar-refractivity contribution in [1.29, 1.82) is 0 Å². The fourth-order valence-electron chi connectivity index (χ4n) is 2.38. The second-order valence-electron chi connectivity index (χ2n) is 6.52. The van der Waals surface area contributed by atoms with Crippen molar-refractivity contribution in [1.82, 2.24) is 9.97 Å². The molecule has 0 radical (unpaired) electrons. The lowest BCUT2D eigenvalue weighted by molar-refractivity contribution is 0.588. The molecule has 0 fully saturated rings. The van der Waals surface area contributed by atoms with E-state index in [-0.39, 0.29) is 5.41 Å². The summed E-state index contributed by atoms with van der Waals surface area (Å²) in [6.07, 6.45) is 2.54. The Bertz CT molecular complexity index is 703. The van der Waals surface area contributed by atoms with Crippen LogP contribution in [0.2, 0.25) is 0 Å². The Labute approximate surface area is 140 Å². The van der Waals surface area contributed by atoms with E-state index in [1.54, 1.807) is 6.20 Å². The lowest BCUT2D eigenvalue weighted by Gasteiger charge is -2.22. The molecule has 0 spiro atoms. The molecule has 1 aromatic carbocycles. The molecule has 0 unspecified atom stereocenters. The van der Waals surface area contributed by atoms with Gasteiger partial charge in [0.25, 0.3) is 0 Å². The normalized spacial score (nSPS) is 11.7. The Hall–Kier alpha value is -1.00. The first-order valence-corrected chi connectivity index (χ1v) is 8.23. The van der Waals surface area contributed by atoms with Crippen molar-refractivity contribution in [3.05, 3.63) is 55.5 Å². The van der Waals surface area contributed by atoms with Gasteiger partial charge in [0.1, 0.15) is 10.5 Å². The van der Waals surface area contributed by atoms with E-state index in [0.717, 1.165) is 16.7 Å². The van der Waals surface area contributed by atoms with Gasteiger partial charge in [-0.25, -0.2) is 4.98 Å². The SMILES string of the molecule is Cc1cc(C(C)(C)C)cc(C)c1Cc1ncc(Br)c(=S)[nH]1. The van der Waals surface area contributed by atoms with Crippen LogP contribution in [0.4, 0.5) is 0 Å². The van der Waals surface area contributed by atoms with Crippen LogP contribution in [0.5, 0.6) is 0 Å². The molecule has 0 atom stereocenters. The zero-order valence-electron chi connectivity index (χ0n) is 13.2. The molecule has 2 aromatic rings. The monoisotopic (exact) mass is 364 g/mol. The van der Waals surface area contributed by atoms with E-state index in [0.29, 0.717) is 4.64 Å². The molecular weight excluding hydrogens is 344 g/mol. The third-order valence-electron chi connectivity index (χ3n) is 3.71. The number of rotatable bonds is 2. The predicted molar refractivity (Wildman–Crippen MR) is 94.5 cm³/mol. The number of hydrogen-bond acceptors (Lipinski definition) is 2. The van der Waals surface area contributed by atoms with Crippen LogP contribution in [0, 0.1) is 18.5 Å². The molecular formula is C17H21BrN2S. The van der Waals surface area contributed by atoms with Crippen LogP contribution in [-0.4, -0.2) is 9.97 Å². The highest BCUT2D eigenvalue weighted by Crippen LogP contribution is 2.27. The first-order valence-electron chi connectivity index (χ1n) is 7.03. The number of benzene rings is 1. The van der Waals surface area contributed by atoms with E-state index in [4.69, 9.17) is 12.2 Å². The van der Waals surface area contributed by atoms with Crippen LogP contribution in [0.1, 0.15) is 48.8 Å². The van der Waals surface area contributed by atoms with Crippen molar-refractivity contribution >= 4 is 28.1 Å². The molecule has 1 aromatic heterocycles. The second kappa shape index (κ2) is 6.01. The zero-order valence-corrected chi connectivity index (χ0v) is 15.6. The van der Waals surface area contributed by atoms with Gasteiger partial charge in [0, 0.05) is 12.6 Å². The lowest BCUT2D eigenvalue weighted by Crippen LogP contribution is -2.13. The van der Waals surface area contributed by atoms with Crippen molar-refractivity contribution in [2.45, 2.75) is 46.5 Å². The van der Waals surface area contributed by atoms with E-state index in [9.17, 15) is 0 Å². The van der Waals surface area contributed by atoms with Crippen LogP contribution in [0.15, 0.2) is 22.8 Å². The Morgan fingerprint density at radius 2 is 1.76 bits per heavy atom. The van der Waals surface area contributed by atoms with E-state index >= 15 is 0 Å². The van der Waals surface area contributed by atoms with Crippen LogP contribution < -0.4 is 0 Å². The maximum Gasteiger partial charge on any atom is 0.120 e. The van der Waals surface area contributed by atoms with Gasteiger partial charge in [-0.15, -0.1) is 0 Å². The van der Waals surface area contributed by atoms with Crippen molar-refractivity contribution in [3.8, 4) is 0 Å². The van der Waals surface area contributed by atoms with Crippen molar-refractivity contribution in [3.63, 3.8) is 0 Å². The fourth-order valence-corrected chi connectivity index (χ4v) is 2.75. The van der Waals surface area contributed by atoms with Crippen molar-refractivity contribution in [2.75, 3.05) is 0 Å². The Morgan fingerprint density at radius 3 is 2.24 bits per heavy atom. The molecule has 0 bridgehead atoms. The first-order chi connectivity index (χ1) is 9.68. The Kier molecular flexibility index (Phi) is 4.69. The van der Waals surface area contributed by atoms with Crippen LogP contribution in [0.25, 0.3) is 0 Å². The number of nitrogens with zero attached hydrogens (tertiary/aromatic N) is 1. The number of nitrogens with one attached hydrogen (secondary N) is 1. The quantitative estimate of drug-likeness (QED) is 0.721. The molecule has 2 nitrogen and oxygen atoms in total. The number of aromatic nitrogens is 2. The van der Waals surface area contributed by atoms with Gasteiger partial charge >= 0.3 is 0 Å². The van der Waals surface area contributed by atoms with E-state index in [1.165, 1.54) is 22.3 Å². The first kappa shape index (κ1) is 16.4. The molecule has 0 aliphatic carbocycles. The summed E-state index contributed by atoms with van der Waals surface area (Å²) in [5.74, 6) is 0.901. The van der Waals surface area contributed by atoms with Gasteiger partial charge in [0.2, 0.25) is 0 Å². The predicted octanol–water partition coefficient (Wildman–Crippen LogP) is 5.41. The van der Waals surface area contributed by atoms with Crippen LogP contribution in [-0.2, 0) is 11.8 Å². The zero-order chi connectivity index (χ0) is 15.8.